The fourth-order valence-corrected chi connectivity index (χ4v) is 2.60. The van der Waals surface area contributed by atoms with Crippen molar-refractivity contribution in [2.75, 3.05) is 13.6 Å². The van der Waals surface area contributed by atoms with Crippen molar-refractivity contribution < 1.29 is 14.3 Å². The monoisotopic (exact) mass is 266 g/mol. The van der Waals surface area contributed by atoms with Gasteiger partial charge in [0.2, 0.25) is 5.91 Å². The fourth-order valence-electron chi connectivity index (χ4n) is 2.60. The highest BCUT2D eigenvalue weighted by Crippen LogP contribution is 2.22. The van der Waals surface area contributed by atoms with Gasteiger partial charge in [0.05, 0.1) is 6.04 Å². The Morgan fingerprint density at radius 1 is 1.47 bits per heavy atom. The van der Waals surface area contributed by atoms with E-state index in [1.165, 1.54) is 6.07 Å². The molecule has 0 spiro atoms. The first-order chi connectivity index (χ1) is 9.10. The number of amides is 1. The Bertz CT molecular complexity index is 445. The number of likely N-dealkylation sites (tertiary alicyclic amines) is 1. The molecule has 5 heteroatoms. The highest BCUT2D eigenvalue weighted by Gasteiger charge is 2.27. The van der Waals surface area contributed by atoms with Gasteiger partial charge in [0.15, 0.2) is 0 Å². The van der Waals surface area contributed by atoms with Crippen molar-refractivity contribution in [3.63, 3.8) is 0 Å². The summed E-state index contributed by atoms with van der Waals surface area (Å²) in [6.07, 6.45) is 2.89. The Morgan fingerprint density at radius 3 is 2.95 bits per heavy atom. The molecule has 19 heavy (non-hydrogen) atoms. The normalized spacial score (nSPS) is 20.2. The van der Waals surface area contributed by atoms with Gasteiger partial charge < -0.3 is 10.4 Å². The summed E-state index contributed by atoms with van der Waals surface area (Å²) in [5.41, 5.74) is 0.688. The first-order valence-corrected chi connectivity index (χ1v) is 6.54. The van der Waals surface area contributed by atoms with E-state index in [0.717, 1.165) is 31.9 Å². The maximum Gasteiger partial charge on any atom is 0.237 e. The van der Waals surface area contributed by atoms with Crippen molar-refractivity contribution in [3.05, 3.63) is 29.6 Å². The number of piperidine rings is 1. The van der Waals surface area contributed by atoms with Gasteiger partial charge in [-0.15, -0.1) is 0 Å². The predicted octanol–water partition coefficient (Wildman–Crippen LogP) is 1.63. The maximum atomic E-state index is 13.2. The second-order valence-electron chi connectivity index (χ2n) is 4.91. The van der Waals surface area contributed by atoms with Crippen molar-refractivity contribution in [2.45, 2.75) is 31.8 Å². The van der Waals surface area contributed by atoms with Crippen LogP contribution in [0.3, 0.4) is 0 Å². The zero-order valence-electron chi connectivity index (χ0n) is 11.0. The molecule has 0 saturated carbocycles. The number of hydrogen-bond donors (Lipinski definition) is 2. The van der Waals surface area contributed by atoms with Crippen molar-refractivity contribution in [3.8, 4) is 5.75 Å². The van der Waals surface area contributed by atoms with E-state index >= 15 is 0 Å². The van der Waals surface area contributed by atoms with E-state index in [0.29, 0.717) is 12.1 Å². The van der Waals surface area contributed by atoms with E-state index in [-0.39, 0.29) is 17.7 Å². The van der Waals surface area contributed by atoms with E-state index < -0.39 is 5.82 Å². The van der Waals surface area contributed by atoms with E-state index in [9.17, 15) is 14.3 Å². The lowest BCUT2D eigenvalue weighted by atomic mass is 10.0. The molecule has 0 aliphatic carbocycles. The molecule has 1 fully saturated rings. The Hall–Kier alpha value is -1.62. The number of phenols is 1. The summed E-state index contributed by atoms with van der Waals surface area (Å²) in [5.74, 6) is -0.535. The Balaban J connectivity index is 2.12. The summed E-state index contributed by atoms with van der Waals surface area (Å²) in [6.45, 7) is 1.29. The molecule has 2 rings (SSSR count). The molecule has 1 heterocycles. The highest BCUT2D eigenvalue weighted by molar-refractivity contribution is 5.81. The standard InChI is InChI=1S/C14H19FN2O2/c1-16-14(19)13-4-2-3-5-17(13)9-10-6-11(15)8-12(18)7-10/h6-8,13,18H,2-5,9H2,1H3,(H,16,19). The van der Waals surface area contributed by atoms with E-state index in [4.69, 9.17) is 0 Å². The van der Waals surface area contributed by atoms with Crippen LogP contribution in [-0.2, 0) is 11.3 Å². The number of nitrogens with zero attached hydrogens (tertiary/aromatic N) is 1. The smallest absolute Gasteiger partial charge is 0.237 e. The molecule has 1 aromatic rings. The van der Waals surface area contributed by atoms with Crippen LogP contribution in [0.5, 0.6) is 5.75 Å². The van der Waals surface area contributed by atoms with E-state index in [2.05, 4.69) is 5.32 Å². The van der Waals surface area contributed by atoms with Crippen LogP contribution < -0.4 is 5.32 Å². The van der Waals surface area contributed by atoms with Gasteiger partial charge in [-0.05, 0) is 37.1 Å². The number of carbonyl (C=O) groups excluding carboxylic acids is 1. The summed E-state index contributed by atoms with van der Waals surface area (Å²) in [4.78, 5) is 13.9. The average molecular weight is 266 g/mol. The lowest BCUT2D eigenvalue weighted by molar-refractivity contribution is -0.127. The van der Waals surface area contributed by atoms with Crippen LogP contribution in [0.1, 0.15) is 24.8 Å². The van der Waals surface area contributed by atoms with Crippen LogP contribution in [0.15, 0.2) is 18.2 Å². The number of hydrogen-bond acceptors (Lipinski definition) is 3. The number of nitrogens with one attached hydrogen (secondary N) is 1. The van der Waals surface area contributed by atoms with Crippen LogP contribution in [0, 0.1) is 5.82 Å². The van der Waals surface area contributed by atoms with Crippen molar-refractivity contribution in [1.82, 2.24) is 10.2 Å². The molecule has 0 aromatic heterocycles. The molecule has 4 nitrogen and oxygen atoms in total. The largest absolute Gasteiger partial charge is 0.508 e. The number of phenolic OH excluding ortho intramolecular Hbond substituents is 1. The zero-order chi connectivity index (χ0) is 13.8. The number of rotatable bonds is 3. The number of carbonyl (C=O) groups is 1. The molecular formula is C14H19FN2O2. The van der Waals surface area contributed by atoms with Crippen LogP contribution in [0.25, 0.3) is 0 Å². The minimum absolute atomic E-state index is 0.000301. The number of benzene rings is 1. The molecule has 1 atom stereocenters. The first kappa shape index (κ1) is 13.8. The summed E-state index contributed by atoms with van der Waals surface area (Å²) in [7, 11) is 1.63. The summed E-state index contributed by atoms with van der Waals surface area (Å²) in [5, 5.41) is 12.1. The maximum absolute atomic E-state index is 13.2. The first-order valence-electron chi connectivity index (χ1n) is 6.54. The minimum atomic E-state index is -0.455. The van der Waals surface area contributed by atoms with Gasteiger partial charge in [-0.3, -0.25) is 9.69 Å². The second-order valence-corrected chi connectivity index (χ2v) is 4.91. The SMILES string of the molecule is CNC(=O)C1CCCCN1Cc1cc(O)cc(F)c1. The third-order valence-corrected chi connectivity index (χ3v) is 3.49. The van der Waals surface area contributed by atoms with E-state index in [1.54, 1.807) is 13.1 Å². The molecule has 1 amide bonds. The second kappa shape index (κ2) is 6.02. The minimum Gasteiger partial charge on any atom is -0.508 e. The number of likely N-dealkylation sites (N-methyl/N-ethyl adjacent to an activating group) is 1. The molecule has 0 bridgehead atoms. The molecule has 1 unspecified atom stereocenters. The zero-order valence-corrected chi connectivity index (χ0v) is 11.0. The summed E-state index contributed by atoms with van der Waals surface area (Å²) < 4.78 is 13.2. The van der Waals surface area contributed by atoms with Crippen LogP contribution in [-0.4, -0.2) is 35.5 Å². The molecule has 0 radical (unpaired) electrons. The van der Waals surface area contributed by atoms with Gasteiger partial charge in [-0.25, -0.2) is 4.39 Å². The molecule has 1 saturated heterocycles. The van der Waals surface area contributed by atoms with Gasteiger partial charge in [-0.1, -0.05) is 6.42 Å². The summed E-state index contributed by atoms with van der Waals surface area (Å²) >= 11 is 0. The van der Waals surface area contributed by atoms with Crippen LogP contribution >= 0.6 is 0 Å². The Morgan fingerprint density at radius 2 is 2.26 bits per heavy atom. The number of halogens is 1. The Labute approximate surface area is 112 Å². The van der Waals surface area contributed by atoms with Gasteiger partial charge >= 0.3 is 0 Å². The number of aromatic hydroxyl groups is 1. The third kappa shape index (κ3) is 3.44. The van der Waals surface area contributed by atoms with Crippen molar-refractivity contribution in [1.29, 1.82) is 0 Å². The molecular weight excluding hydrogens is 247 g/mol. The van der Waals surface area contributed by atoms with Crippen molar-refractivity contribution >= 4 is 5.91 Å². The quantitative estimate of drug-likeness (QED) is 0.874. The fraction of sp³-hybridized carbons (Fsp3) is 0.500. The lowest BCUT2D eigenvalue weighted by Crippen LogP contribution is -2.48. The molecule has 104 valence electrons. The molecule has 2 N–H and O–H groups in total. The van der Waals surface area contributed by atoms with Gasteiger partial charge in [-0.2, -0.15) is 0 Å². The van der Waals surface area contributed by atoms with Gasteiger partial charge in [0.25, 0.3) is 0 Å². The highest BCUT2D eigenvalue weighted by atomic mass is 19.1. The molecule has 1 aliphatic rings. The topological polar surface area (TPSA) is 52.6 Å². The Kier molecular flexibility index (Phi) is 4.37. The van der Waals surface area contributed by atoms with Crippen LogP contribution in [0.4, 0.5) is 4.39 Å². The molecule has 1 aromatic carbocycles. The van der Waals surface area contributed by atoms with Crippen molar-refractivity contribution in [2.24, 2.45) is 0 Å². The van der Waals surface area contributed by atoms with Gasteiger partial charge in [0.1, 0.15) is 11.6 Å². The van der Waals surface area contributed by atoms with Gasteiger partial charge in [0, 0.05) is 19.7 Å². The average Bonchev–Trinajstić information content (AvgIpc) is 2.37. The third-order valence-electron chi connectivity index (χ3n) is 3.49. The van der Waals surface area contributed by atoms with E-state index in [1.807, 2.05) is 4.90 Å². The molecule has 1 aliphatic heterocycles. The van der Waals surface area contributed by atoms with Crippen LogP contribution in [0.2, 0.25) is 0 Å². The summed E-state index contributed by atoms with van der Waals surface area (Å²) in [6, 6.07) is 3.85. The predicted molar refractivity (Wildman–Crippen MR) is 70.2 cm³/mol. The lowest BCUT2D eigenvalue weighted by Gasteiger charge is -2.34.